The molecule has 0 unspecified atom stereocenters. The molecule has 6 heterocycles. The summed E-state index contributed by atoms with van der Waals surface area (Å²) in [7, 11) is 0. The molecule has 3 aliphatic heterocycles. The number of likely N-dealkylation sites (tertiary alicyclic amines) is 1. The maximum atomic E-state index is 13.7. The lowest BCUT2D eigenvalue weighted by Gasteiger charge is -2.33. The minimum absolute atomic E-state index is 0.256. The number of rotatable bonds is 4. The predicted octanol–water partition coefficient (Wildman–Crippen LogP) is 3.71. The fourth-order valence-electron chi connectivity index (χ4n) is 6.12. The summed E-state index contributed by atoms with van der Waals surface area (Å²) in [6.07, 6.45) is 6.97. The second-order valence-corrected chi connectivity index (χ2v) is 8.86. The van der Waals surface area contributed by atoms with Crippen molar-refractivity contribution in [2.24, 2.45) is 5.92 Å². The topological polar surface area (TPSA) is 54.5 Å². The van der Waals surface area contributed by atoms with Crippen molar-refractivity contribution in [1.29, 1.82) is 0 Å². The van der Waals surface area contributed by atoms with Crippen LogP contribution in [0.2, 0.25) is 0 Å². The lowest BCUT2D eigenvalue weighted by molar-refractivity contribution is -0.137. The van der Waals surface area contributed by atoms with E-state index in [0.717, 1.165) is 49.7 Å². The normalized spacial score (nSPS) is 28.3. The molecule has 0 radical (unpaired) electrons. The third kappa shape index (κ3) is 2.46. The average Bonchev–Trinajstić information content (AvgIpc) is 3.54. The molecule has 3 atom stereocenters. The third-order valence-corrected chi connectivity index (χ3v) is 7.29. The van der Waals surface area contributed by atoms with Crippen molar-refractivity contribution < 1.29 is 9.21 Å². The van der Waals surface area contributed by atoms with Crippen LogP contribution in [0.3, 0.4) is 0 Å². The molecule has 3 aromatic rings. The molecule has 3 fully saturated rings. The zero-order valence-electron chi connectivity index (χ0n) is 17.2. The van der Waals surface area contributed by atoms with Crippen LogP contribution in [-0.2, 0) is 11.3 Å². The third-order valence-electron chi connectivity index (χ3n) is 7.29. The number of pyridine rings is 1. The summed E-state index contributed by atoms with van der Waals surface area (Å²) in [6, 6.07) is 14.5. The second kappa shape index (κ2) is 6.57. The first kappa shape index (κ1) is 18.0. The molecule has 3 aliphatic rings. The molecule has 0 N–H and O–H groups in total. The first-order valence-corrected chi connectivity index (χ1v) is 10.9. The molecule has 1 spiro atoms. The van der Waals surface area contributed by atoms with Crippen molar-refractivity contribution in [3.05, 3.63) is 72.1 Å². The molecule has 3 aromatic heterocycles. The summed E-state index contributed by atoms with van der Waals surface area (Å²) in [6.45, 7) is 4.32. The zero-order valence-corrected chi connectivity index (χ0v) is 17.2. The first-order chi connectivity index (χ1) is 14.7. The van der Waals surface area contributed by atoms with Crippen molar-refractivity contribution >= 4 is 5.91 Å². The number of aromatic nitrogens is 2. The zero-order chi connectivity index (χ0) is 20.3. The highest BCUT2D eigenvalue weighted by atomic mass is 16.3. The minimum Gasteiger partial charge on any atom is -0.464 e. The van der Waals surface area contributed by atoms with E-state index in [4.69, 9.17) is 4.42 Å². The van der Waals surface area contributed by atoms with Crippen LogP contribution in [0.5, 0.6) is 0 Å². The number of hydrogen-bond donors (Lipinski definition) is 0. The van der Waals surface area contributed by atoms with Crippen molar-refractivity contribution in [1.82, 2.24) is 19.4 Å². The van der Waals surface area contributed by atoms with Gasteiger partial charge in [0.15, 0.2) is 0 Å². The van der Waals surface area contributed by atoms with Gasteiger partial charge in [-0.15, -0.1) is 0 Å². The van der Waals surface area contributed by atoms with E-state index in [-0.39, 0.29) is 17.5 Å². The number of hydrogen-bond acceptors (Lipinski definition) is 4. The summed E-state index contributed by atoms with van der Waals surface area (Å²) >= 11 is 0. The van der Waals surface area contributed by atoms with Crippen LogP contribution in [0.15, 0.2) is 59.3 Å². The van der Waals surface area contributed by atoms with Crippen LogP contribution in [0.1, 0.15) is 42.5 Å². The maximum Gasteiger partial charge on any atom is 0.243 e. The lowest BCUT2D eigenvalue weighted by atomic mass is 9.85. The Hall–Kier alpha value is -2.86. The van der Waals surface area contributed by atoms with Gasteiger partial charge in [-0.1, -0.05) is 6.07 Å². The van der Waals surface area contributed by atoms with Gasteiger partial charge in [0.2, 0.25) is 5.91 Å². The Kier molecular flexibility index (Phi) is 3.93. The van der Waals surface area contributed by atoms with Crippen LogP contribution in [0, 0.1) is 12.8 Å². The standard InChI is InChI=1S/C24H26N4O2/c1-17-8-9-19(30-17)16-26-15-18-14-21(28-13-5-10-24(18,28)23(26)29)20-6-4-12-27(20)22-7-2-3-11-25-22/h2-4,6-9,11-12,18,21H,5,10,13-16H2,1H3/t18-,21-,24-/m0/s1. The van der Waals surface area contributed by atoms with Crippen molar-refractivity contribution in [2.75, 3.05) is 13.1 Å². The SMILES string of the molecule is Cc1ccc(CN2C[C@@H]3C[C@@H](c4cccn4-c4ccccn4)N4CCC[C@@]34C2=O)o1. The predicted molar refractivity (Wildman–Crippen MR) is 112 cm³/mol. The van der Waals surface area contributed by atoms with E-state index in [1.54, 1.807) is 0 Å². The molecule has 0 bridgehead atoms. The van der Waals surface area contributed by atoms with Crippen LogP contribution < -0.4 is 0 Å². The number of carbonyl (C=O) groups is 1. The van der Waals surface area contributed by atoms with Crippen LogP contribution in [-0.4, -0.2) is 43.9 Å². The Balaban J connectivity index is 1.31. The summed E-state index contributed by atoms with van der Waals surface area (Å²) in [5, 5.41) is 0. The van der Waals surface area contributed by atoms with Gasteiger partial charge in [0, 0.05) is 30.6 Å². The molecule has 6 nitrogen and oxygen atoms in total. The Bertz CT molecular complexity index is 1090. The molecular formula is C24H26N4O2. The van der Waals surface area contributed by atoms with Crippen molar-refractivity contribution in [3.8, 4) is 5.82 Å². The second-order valence-electron chi connectivity index (χ2n) is 8.86. The van der Waals surface area contributed by atoms with E-state index in [1.165, 1.54) is 5.69 Å². The Morgan fingerprint density at radius 3 is 2.93 bits per heavy atom. The summed E-state index contributed by atoms with van der Waals surface area (Å²) < 4.78 is 7.94. The highest BCUT2D eigenvalue weighted by Crippen LogP contribution is 2.56. The summed E-state index contributed by atoms with van der Waals surface area (Å²) in [4.78, 5) is 22.8. The molecule has 154 valence electrons. The fraction of sp³-hybridized carbons (Fsp3) is 0.417. The average molecular weight is 402 g/mol. The molecule has 0 aromatic carbocycles. The molecule has 0 aliphatic carbocycles. The molecule has 1 amide bonds. The van der Waals surface area contributed by atoms with E-state index < -0.39 is 0 Å². The number of nitrogens with zero attached hydrogens (tertiary/aromatic N) is 4. The van der Waals surface area contributed by atoms with Crippen LogP contribution in [0.4, 0.5) is 0 Å². The van der Waals surface area contributed by atoms with E-state index in [2.05, 4.69) is 32.8 Å². The summed E-state index contributed by atoms with van der Waals surface area (Å²) in [5.41, 5.74) is 0.899. The van der Waals surface area contributed by atoms with Gasteiger partial charge in [-0.25, -0.2) is 4.98 Å². The van der Waals surface area contributed by atoms with E-state index >= 15 is 0 Å². The van der Waals surface area contributed by atoms with E-state index in [1.807, 2.05) is 48.4 Å². The van der Waals surface area contributed by atoms with E-state index in [0.29, 0.717) is 12.5 Å². The quantitative estimate of drug-likeness (QED) is 0.668. The first-order valence-electron chi connectivity index (χ1n) is 10.9. The molecule has 6 heteroatoms. The number of carbonyl (C=O) groups excluding carboxylic acids is 1. The van der Waals surface area contributed by atoms with Crippen LogP contribution in [0.25, 0.3) is 5.82 Å². The largest absolute Gasteiger partial charge is 0.464 e. The van der Waals surface area contributed by atoms with Gasteiger partial charge in [0.25, 0.3) is 0 Å². The molecule has 0 saturated carbocycles. The fourth-order valence-corrected chi connectivity index (χ4v) is 6.12. The van der Waals surface area contributed by atoms with Gasteiger partial charge in [-0.2, -0.15) is 0 Å². The van der Waals surface area contributed by atoms with Gasteiger partial charge in [-0.05, 0) is 69.1 Å². The van der Waals surface area contributed by atoms with Gasteiger partial charge < -0.3 is 13.9 Å². The van der Waals surface area contributed by atoms with Gasteiger partial charge in [0.05, 0.1) is 12.6 Å². The number of amides is 1. The van der Waals surface area contributed by atoms with Crippen LogP contribution >= 0.6 is 0 Å². The monoisotopic (exact) mass is 402 g/mol. The molecular weight excluding hydrogens is 376 g/mol. The number of furan rings is 1. The van der Waals surface area contributed by atoms with Gasteiger partial charge >= 0.3 is 0 Å². The Labute approximate surface area is 176 Å². The minimum atomic E-state index is -0.342. The Morgan fingerprint density at radius 1 is 1.20 bits per heavy atom. The van der Waals surface area contributed by atoms with Crippen molar-refractivity contribution in [3.63, 3.8) is 0 Å². The molecule has 30 heavy (non-hydrogen) atoms. The number of aryl methyl sites for hydroxylation is 1. The molecule has 6 rings (SSSR count). The smallest absolute Gasteiger partial charge is 0.243 e. The highest BCUT2D eigenvalue weighted by Gasteiger charge is 2.65. The highest BCUT2D eigenvalue weighted by molar-refractivity contribution is 5.90. The lowest BCUT2D eigenvalue weighted by Crippen LogP contribution is -2.49. The van der Waals surface area contributed by atoms with E-state index in [9.17, 15) is 4.79 Å². The van der Waals surface area contributed by atoms with Gasteiger partial charge in [0.1, 0.15) is 22.9 Å². The van der Waals surface area contributed by atoms with Crippen molar-refractivity contribution in [2.45, 2.75) is 44.3 Å². The summed E-state index contributed by atoms with van der Waals surface area (Å²) in [5.74, 6) is 3.36. The maximum absolute atomic E-state index is 13.7. The van der Waals surface area contributed by atoms with Gasteiger partial charge in [-0.3, -0.25) is 9.69 Å². The molecule has 3 saturated heterocycles. The Morgan fingerprint density at radius 2 is 2.13 bits per heavy atom.